The van der Waals surface area contributed by atoms with Gasteiger partial charge in [0.1, 0.15) is 12.3 Å². The number of carbonyl (C=O) groups is 1. The molecule has 0 aliphatic carbocycles. The van der Waals surface area contributed by atoms with E-state index in [1.165, 1.54) is 24.5 Å². The van der Waals surface area contributed by atoms with Crippen LogP contribution in [0.2, 0.25) is 0 Å². The molecule has 2 aromatic carbocycles. The summed E-state index contributed by atoms with van der Waals surface area (Å²) in [6, 6.07) is 13.0. The lowest BCUT2D eigenvalue weighted by Gasteiger charge is -2.10. The van der Waals surface area contributed by atoms with Crippen molar-refractivity contribution in [3.8, 4) is 17.0 Å². The SMILES string of the molecule is COc1ccccc1CCNC(=O)Cn1cnc(-c2ccc(C(F)(F)F)cc2)cc1=O. The summed E-state index contributed by atoms with van der Waals surface area (Å²) in [5.41, 5.74) is 0.286. The van der Waals surface area contributed by atoms with Gasteiger partial charge in [-0.15, -0.1) is 0 Å². The molecule has 0 bridgehead atoms. The molecule has 1 aromatic heterocycles. The molecule has 0 fully saturated rings. The minimum absolute atomic E-state index is 0.217. The third kappa shape index (κ3) is 5.71. The third-order valence-corrected chi connectivity index (χ3v) is 4.61. The van der Waals surface area contributed by atoms with Crippen molar-refractivity contribution in [3.63, 3.8) is 0 Å². The Hall–Kier alpha value is -3.62. The molecular weight excluding hydrogens is 411 g/mol. The van der Waals surface area contributed by atoms with Gasteiger partial charge in [-0.2, -0.15) is 13.2 Å². The number of alkyl halides is 3. The molecule has 6 nitrogen and oxygen atoms in total. The number of hydrogen-bond donors (Lipinski definition) is 1. The molecule has 0 radical (unpaired) electrons. The largest absolute Gasteiger partial charge is 0.496 e. The Morgan fingerprint density at radius 3 is 2.48 bits per heavy atom. The van der Waals surface area contributed by atoms with E-state index in [0.717, 1.165) is 28.0 Å². The lowest BCUT2D eigenvalue weighted by molar-refractivity contribution is -0.137. The number of hydrogen-bond acceptors (Lipinski definition) is 4. The van der Waals surface area contributed by atoms with Crippen LogP contribution in [0.3, 0.4) is 0 Å². The average molecular weight is 431 g/mol. The van der Waals surface area contributed by atoms with Crippen LogP contribution in [0, 0.1) is 0 Å². The maximum Gasteiger partial charge on any atom is 0.416 e. The molecule has 1 N–H and O–H groups in total. The zero-order chi connectivity index (χ0) is 22.4. The molecule has 9 heteroatoms. The number of rotatable bonds is 7. The number of methoxy groups -OCH3 is 1. The second kappa shape index (κ2) is 9.46. The molecule has 0 atom stereocenters. The van der Waals surface area contributed by atoms with Crippen molar-refractivity contribution in [3.05, 3.63) is 82.4 Å². The highest BCUT2D eigenvalue weighted by Gasteiger charge is 2.30. The highest BCUT2D eigenvalue weighted by molar-refractivity contribution is 5.75. The minimum atomic E-state index is -4.44. The van der Waals surface area contributed by atoms with Gasteiger partial charge in [-0.25, -0.2) is 4.98 Å². The van der Waals surface area contributed by atoms with Crippen LogP contribution in [-0.2, 0) is 23.9 Å². The van der Waals surface area contributed by atoms with E-state index in [1.807, 2.05) is 24.3 Å². The van der Waals surface area contributed by atoms with E-state index in [-0.39, 0.29) is 18.1 Å². The van der Waals surface area contributed by atoms with Crippen LogP contribution < -0.4 is 15.6 Å². The van der Waals surface area contributed by atoms with E-state index in [4.69, 9.17) is 4.74 Å². The number of nitrogens with zero attached hydrogens (tertiary/aromatic N) is 2. The lowest BCUT2D eigenvalue weighted by Crippen LogP contribution is -2.33. The third-order valence-electron chi connectivity index (χ3n) is 4.61. The van der Waals surface area contributed by atoms with E-state index < -0.39 is 17.3 Å². The predicted molar refractivity (Wildman–Crippen MR) is 109 cm³/mol. The summed E-state index contributed by atoms with van der Waals surface area (Å²) in [5, 5.41) is 2.74. The summed E-state index contributed by atoms with van der Waals surface area (Å²) in [4.78, 5) is 28.5. The predicted octanol–water partition coefficient (Wildman–Crippen LogP) is 3.30. The Labute approximate surface area is 176 Å². The van der Waals surface area contributed by atoms with Crippen LogP contribution in [0.15, 0.2) is 65.7 Å². The molecule has 0 aliphatic rings. The van der Waals surface area contributed by atoms with Crippen LogP contribution >= 0.6 is 0 Å². The molecule has 0 spiro atoms. The van der Waals surface area contributed by atoms with Crippen LogP contribution in [0.1, 0.15) is 11.1 Å². The molecule has 162 valence electrons. The van der Waals surface area contributed by atoms with Crippen LogP contribution in [-0.4, -0.2) is 29.1 Å². The smallest absolute Gasteiger partial charge is 0.416 e. The second-order valence-corrected chi connectivity index (χ2v) is 6.73. The summed E-state index contributed by atoms with van der Waals surface area (Å²) in [5.74, 6) is 0.372. The van der Waals surface area contributed by atoms with Crippen LogP contribution in [0.5, 0.6) is 5.75 Å². The molecule has 31 heavy (non-hydrogen) atoms. The van der Waals surface area contributed by atoms with E-state index in [2.05, 4.69) is 10.3 Å². The number of para-hydroxylation sites is 1. The Bertz CT molecular complexity index is 1110. The Morgan fingerprint density at radius 1 is 1.13 bits per heavy atom. The summed E-state index contributed by atoms with van der Waals surface area (Å²) >= 11 is 0. The van der Waals surface area contributed by atoms with Crippen molar-refractivity contribution in [1.29, 1.82) is 0 Å². The first-order valence-electron chi connectivity index (χ1n) is 9.40. The molecule has 0 saturated heterocycles. The summed E-state index contributed by atoms with van der Waals surface area (Å²) in [6.07, 6.45) is -2.67. The topological polar surface area (TPSA) is 73.2 Å². The quantitative estimate of drug-likeness (QED) is 0.623. The van der Waals surface area contributed by atoms with E-state index in [0.29, 0.717) is 18.5 Å². The standard InChI is InChI=1S/C22H20F3N3O3/c1-31-19-5-3-2-4-16(19)10-11-26-20(29)13-28-14-27-18(12-21(28)30)15-6-8-17(9-7-15)22(23,24)25/h2-9,12,14H,10-11,13H2,1H3,(H,26,29). The fraction of sp³-hybridized carbons (Fsp3) is 0.227. The molecule has 0 saturated carbocycles. The molecule has 1 heterocycles. The van der Waals surface area contributed by atoms with Gasteiger partial charge < -0.3 is 10.1 Å². The Kier molecular flexibility index (Phi) is 6.74. The highest BCUT2D eigenvalue weighted by Crippen LogP contribution is 2.30. The van der Waals surface area contributed by atoms with Gasteiger partial charge in [0.2, 0.25) is 5.91 Å². The van der Waals surface area contributed by atoms with Crippen molar-refractivity contribution in [2.24, 2.45) is 0 Å². The zero-order valence-electron chi connectivity index (χ0n) is 16.6. The van der Waals surface area contributed by atoms with Crippen molar-refractivity contribution >= 4 is 5.91 Å². The van der Waals surface area contributed by atoms with E-state index >= 15 is 0 Å². The van der Waals surface area contributed by atoms with Gasteiger partial charge >= 0.3 is 6.18 Å². The Morgan fingerprint density at radius 2 is 1.84 bits per heavy atom. The van der Waals surface area contributed by atoms with Gasteiger partial charge in [0.25, 0.3) is 5.56 Å². The second-order valence-electron chi connectivity index (χ2n) is 6.73. The Balaban J connectivity index is 1.60. The monoisotopic (exact) mass is 431 g/mol. The molecule has 0 aliphatic heterocycles. The first-order chi connectivity index (χ1) is 14.8. The first-order valence-corrected chi connectivity index (χ1v) is 9.40. The number of benzene rings is 2. The summed E-state index contributed by atoms with van der Waals surface area (Å²) < 4.78 is 44.4. The van der Waals surface area contributed by atoms with E-state index in [9.17, 15) is 22.8 Å². The first kappa shape index (κ1) is 22.1. The minimum Gasteiger partial charge on any atom is -0.496 e. The summed E-state index contributed by atoms with van der Waals surface area (Å²) in [7, 11) is 1.57. The number of ether oxygens (including phenoxy) is 1. The number of aromatic nitrogens is 2. The van der Waals surface area contributed by atoms with Gasteiger partial charge in [-0.3, -0.25) is 14.2 Å². The zero-order valence-corrected chi connectivity index (χ0v) is 16.6. The summed E-state index contributed by atoms with van der Waals surface area (Å²) in [6.45, 7) is 0.149. The number of carbonyl (C=O) groups excluding carboxylic acids is 1. The normalized spacial score (nSPS) is 11.2. The van der Waals surface area contributed by atoms with Crippen LogP contribution in [0.4, 0.5) is 13.2 Å². The maximum atomic E-state index is 12.7. The van der Waals surface area contributed by atoms with E-state index in [1.54, 1.807) is 7.11 Å². The van der Waals surface area contributed by atoms with Crippen molar-refractivity contribution in [2.75, 3.05) is 13.7 Å². The van der Waals surface area contributed by atoms with Gasteiger partial charge in [0, 0.05) is 18.2 Å². The average Bonchev–Trinajstić information content (AvgIpc) is 2.75. The lowest BCUT2D eigenvalue weighted by atomic mass is 10.1. The molecule has 1 amide bonds. The number of nitrogens with one attached hydrogen (secondary N) is 1. The van der Waals surface area contributed by atoms with Gasteiger partial charge in [0.15, 0.2) is 0 Å². The van der Waals surface area contributed by atoms with Gasteiger partial charge in [-0.05, 0) is 30.2 Å². The maximum absolute atomic E-state index is 12.7. The highest BCUT2D eigenvalue weighted by atomic mass is 19.4. The van der Waals surface area contributed by atoms with Crippen molar-refractivity contribution in [1.82, 2.24) is 14.9 Å². The molecule has 0 unspecified atom stereocenters. The molecule has 3 aromatic rings. The fourth-order valence-electron chi connectivity index (χ4n) is 2.99. The van der Waals surface area contributed by atoms with Gasteiger partial charge in [0.05, 0.1) is 24.7 Å². The number of halogens is 3. The van der Waals surface area contributed by atoms with Crippen molar-refractivity contribution in [2.45, 2.75) is 19.1 Å². The molecule has 3 rings (SSSR count). The number of amides is 1. The van der Waals surface area contributed by atoms with Crippen molar-refractivity contribution < 1.29 is 22.7 Å². The fourth-order valence-corrected chi connectivity index (χ4v) is 2.99. The van der Waals surface area contributed by atoms with Gasteiger partial charge in [-0.1, -0.05) is 30.3 Å². The molecular formula is C22H20F3N3O3. The van der Waals surface area contributed by atoms with Crippen LogP contribution in [0.25, 0.3) is 11.3 Å².